The van der Waals surface area contributed by atoms with Crippen LogP contribution in [0.25, 0.3) is 10.2 Å². The summed E-state index contributed by atoms with van der Waals surface area (Å²) in [6.07, 6.45) is 4.30. The van der Waals surface area contributed by atoms with Gasteiger partial charge in [-0.3, -0.25) is 14.2 Å². The number of thioether (sulfide) groups is 1. The van der Waals surface area contributed by atoms with Crippen LogP contribution in [-0.2, 0) is 24.2 Å². The van der Waals surface area contributed by atoms with E-state index in [9.17, 15) is 9.59 Å². The molecule has 0 saturated heterocycles. The first-order valence-electron chi connectivity index (χ1n) is 10.0. The minimum atomic E-state index is -0.0805. The molecule has 1 aliphatic carbocycles. The van der Waals surface area contributed by atoms with Crippen molar-refractivity contribution in [1.29, 1.82) is 0 Å². The summed E-state index contributed by atoms with van der Waals surface area (Å²) in [5.41, 5.74) is 4.27. The topological polar surface area (TPSA) is 64.0 Å². The summed E-state index contributed by atoms with van der Waals surface area (Å²) in [4.78, 5) is 30.1. The Balaban J connectivity index is 1.48. The molecule has 0 bridgehead atoms. The molecule has 1 N–H and O–H groups in total. The Kier molecular flexibility index (Phi) is 6.06. The summed E-state index contributed by atoms with van der Waals surface area (Å²) in [5, 5.41) is 5.49. The maximum absolute atomic E-state index is 12.9. The van der Waals surface area contributed by atoms with Crippen LogP contribution in [0.4, 0.5) is 5.69 Å². The second kappa shape index (κ2) is 8.71. The van der Waals surface area contributed by atoms with Crippen LogP contribution in [0.15, 0.2) is 39.6 Å². The summed E-state index contributed by atoms with van der Waals surface area (Å²) in [6, 6.07) is 8.03. The molecule has 1 aromatic carbocycles. The molecule has 0 atom stereocenters. The fourth-order valence-corrected chi connectivity index (χ4v) is 5.20. The standard InChI is InChI=1S/C22H25N3O2S2/c1-14(2)8-10-25-21(27)20-18(9-11-28-20)24-22(25)29-13-19(26)23-17-7-6-15-4-3-5-16(15)12-17/h6-7,9,11-12,14H,3-5,8,10,13H2,1-2H3,(H,23,26). The number of benzene rings is 1. The number of carbonyl (C=O) groups excluding carboxylic acids is 1. The molecule has 3 aromatic rings. The molecule has 0 fully saturated rings. The Morgan fingerprint density at radius 3 is 2.93 bits per heavy atom. The van der Waals surface area contributed by atoms with Crippen molar-refractivity contribution in [1.82, 2.24) is 9.55 Å². The predicted molar refractivity (Wildman–Crippen MR) is 121 cm³/mol. The molecule has 152 valence electrons. The largest absolute Gasteiger partial charge is 0.325 e. The highest BCUT2D eigenvalue weighted by Crippen LogP contribution is 2.26. The highest BCUT2D eigenvalue weighted by atomic mass is 32.2. The van der Waals surface area contributed by atoms with Crippen LogP contribution in [0.2, 0.25) is 0 Å². The summed E-state index contributed by atoms with van der Waals surface area (Å²) in [7, 11) is 0. The van der Waals surface area contributed by atoms with E-state index >= 15 is 0 Å². The average Bonchev–Trinajstić information content (AvgIpc) is 3.34. The number of hydrogen-bond donors (Lipinski definition) is 1. The van der Waals surface area contributed by atoms with Crippen molar-refractivity contribution in [3.63, 3.8) is 0 Å². The van der Waals surface area contributed by atoms with Gasteiger partial charge in [-0.2, -0.15) is 0 Å². The Labute approximate surface area is 178 Å². The Bertz CT molecular complexity index is 1100. The molecule has 0 spiro atoms. The van der Waals surface area contributed by atoms with E-state index in [-0.39, 0.29) is 17.2 Å². The van der Waals surface area contributed by atoms with Gasteiger partial charge in [-0.1, -0.05) is 31.7 Å². The third kappa shape index (κ3) is 4.56. The highest BCUT2D eigenvalue weighted by molar-refractivity contribution is 7.99. The molecular formula is C22H25N3O2S2. The number of thiophene rings is 1. The smallest absolute Gasteiger partial charge is 0.272 e. The van der Waals surface area contributed by atoms with E-state index in [0.29, 0.717) is 27.8 Å². The minimum Gasteiger partial charge on any atom is -0.325 e. The normalized spacial score (nSPS) is 13.2. The monoisotopic (exact) mass is 427 g/mol. The van der Waals surface area contributed by atoms with Crippen molar-refractivity contribution >= 4 is 44.9 Å². The number of nitrogens with zero attached hydrogens (tertiary/aromatic N) is 2. The van der Waals surface area contributed by atoms with Gasteiger partial charge < -0.3 is 5.32 Å². The third-order valence-electron chi connectivity index (χ3n) is 5.18. The van der Waals surface area contributed by atoms with Gasteiger partial charge in [-0.25, -0.2) is 4.98 Å². The van der Waals surface area contributed by atoms with E-state index in [0.717, 1.165) is 24.9 Å². The number of hydrogen-bond acceptors (Lipinski definition) is 5. The number of anilines is 1. The van der Waals surface area contributed by atoms with Crippen LogP contribution >= 0.6 is 23.1 Å². The summed E-state index contributed by atoms with van der Waals surface area (Å²) < 4.78 is 2.41. The lowest BCUT2D eigenvalue weighted by molar-refractivity contribution is -0.113. The molecule has 0 radical (unpaired) electrons. The molecule has 1 amide bonds. The summed E-state index contributed by atoms with van der Waals surface area (Å²) in [5.74, 6) is 0.630. The van der Waals surface area contributed by atoms with Gasteiger partial charge in [-0.15, -0.1) is 11.3 Å². The van der Waals surface area contributed by atoms with Crippen molar-refractivity contribution in [2.24, 2.45) is 5.92 Å². The molecule has 5 nitrogen and oxygen atoms in total. The van der Waals surface area contributed by atoms with Gasteiger partial charge in [0.15, 0.2) is 5.16 Å². The molecule has 29 heavy (non-hydrogen) atoms. The number of carbonyl (C=O) groups is 1. The number of aryl methyl sites for hydroxylation is 2. The number of amides is 1. The van der Waals surface area contributed by atoms with Gasteiger partial charge in [0, 0.05) is 12.2 Å². The van der Waals surface area contributed by atoms with Gasteiger partial charge in [0.05, 0.1) is 11.3 Å². The fourth-order valence-electron chi connectivity index (χ4n) is 3.59. The van der Waals surface area contributed by atoms with Gasteiger partial charge in [0.25, 0.3) is 5.56 Å². The first-order valence-corrected chi connectivity index (χ1v) is 11.9. The van der Waals surface area contributed by atoms with E-state index in [2.05, 4.69) is 36.3 Å². The second-order valence-electron chi connectivity index (χ2n) is 7.84. The highest BCUT2D eigenvalue weighted by Gasteiger charge is 2.16. The number of fused-ring (bicyclic) bond motifs is 2. The Hall–Kier alpha value is -2.12. The minimum absolute atomic E-state index is 0.00724. The maximum Gasteiger partial charge on any atom is 0.272 e. The molecular weight excluding hydrogens is 402 g/mol. The number of nitrogens with one attached hydrogen (secondary N) is 1. The van der Waals surface area contributed by atoms with Crippen molar-refractivity contribution in [2.45, 2.75) is 51.2 Å². The molecule has 0 aliphatic heterocycles. The maximum atomic E-state index is 12.9. The molecule has 2 heterocycles. The molecule has 7 heteroatoms. The van der Waals surface area contributed by atoms with Gasteiger partial charge >= 0.3 is 0 Å². The third-order valence-corrected chi connectivity index (χ3v) is 7.04. The Morgan fingerprint density at radius 2 is 2.10 bits per heavy atom. The van der Waals surface area contributed by atoms with Crippen LogP contribution < -0.4 is 10.9 Å². The van der Waals surface area contributed by atoms with E-state index < -0.39 is 0 Å². The van der Waals surface area contributed by atoms with Crippen LogP contribution in [0.5, 0.6) is 0 Å². The lowest BCUT2D eigenvalue weighted by Crippen LogP contribution is -2.24. The SMILES string of the molecule is CC(C)CCn1c(SCC(=O)Nc2ccc3c(c2)CCC3)nc2ccsc2c1=O. The molecule has 1 aliphatic rings. The number of rotatable bonds is 7. The first-order chi connectivity index (χ1) is 14.0. The van der Waals surface area contributed by atoms with Crippen LogP contribution in [-0.4, -0.2) is 21.2 Å². The average molecular weight is 428 g/mol. The van der Waals surface area contributed by atoms with Gasteiger partial charge in [0.2, 0.25) is 5.91 Å². The van der Waals surface area contributed by atoms with E-state index in [1.54, 1.807) is 4.57 Å². The fraction of sp³-hybridized carbons (Fsp3) is 0.409. The molecule has 0 saturated carbocycles. The first kappa shape index (κ1) is 20.2. The van der Waals surface area contributed by atoms with E-state index in [1.165, 1.54) is 40.6 Å². The van der Waals surface area contributed by atoms with Gasteiger partial charge in [0.1, 0.15) is 4.70 Å². The summed E-state index contributed by atoms with van der Waals surface area (Å²) in [6.45, 7) is 4.89. The molecule has 0 unspecified atom stereocenters. The second-order valence-corrected chi connectivity index (χ2v) is 9.70. The van der Waals surface area contributed by atoms with Crippen molar-refractivity contribution in [3.8, 4) is 0 Å². The van der Waals surface area contributed by atoms with E-state index in [1.807, 2.05) is 17.5 Å². The van der Waals surface area contributed by atoms with Crippen LogP contribution in [0.1, 0.15) is 37.8 Å². The zero-order valence-corrected chi connectivity index (χ0v) is 18.4. The number of aromatic nitrogens is 2. The zero-order valence-electron chi connectivity index (χ0n) is 16.7. The van der Waals surface area contributed by atoms with Gasteiger partial charge in [-0.05, 0) is 66.3 Å². The zero-order chi connectivity index (χ0) is 20.4. The molecule has 2 aromatic heterocycles. The van der Waals surface area contributed by atoms with Crippen molar-refractivity contribution in [3.05, 3.63) is 51.1 Å². The Morgan fingerprint density at radius 1 is 1.28 bits per heavy atom. The lowest BCUT2D eigenvalue weighted by Gasteiger charge is -2.13. The van der Waals surface area contributed by atoms with Crippen LogP contribution in [0.3, 0.4) is 0 Å². The van der Waals surface area contributed by atoms with Crippen molar-refractivity contribution in [2.75, 3.05) is 11.1 Å². The van der Waals surface area contributed by atoms with E-state index in [4.69, 9.17) is 0 Å². The quantitative estimate of drug-likeness (QED) is 0.438. The molecule has 4 rings (SSSR count). The lowest BCUT2D eigenvalue weighted by atomic mass is 10.1. The predicted octanol–water partition coefficient (Wildman–Crippen LogP) is 4.72. The summed E-state index contributed by atoms with van der Waals surface area (Å²) >= 11 is 2.75. The van der Waals surface area contributed by atoms with Crippen molar-refractivity contribution < 1.29 is 4.79 Å². The van der Waals surface area contributed by atoms with Crippen LogP contribution in [0, 0.1) is 5.92 Å².